The van der Waals surface area contributed by atoms with E-state index in [1.54, 1.807) is 49.6 Å². The fraction of sp³-hybridized carbons (Fsp3) is 0.185. The standard InChI is InChI=1S/C27H27N3O6S/c1-32-20-9-6-16(13-21(20)33-2)18(10-15-11-22(34-3)25(36-5)23(12-15)35-4)26(31)30-27-29-19-8-7-17(28)14-24(19)37-27/h6-14H,28H2,1-5H3,(H,29,30,31)/b18-10+. The van der Waals surface area contributed by atoms with Crippen LogP contribution in [0.15, 0.2) is 48.5 Å². The summed E-state index contributed by atoms with van der Waals surface area (Å²) in [5.74, 6) is 2.04. The number of nitrogens with two attached hydrogens (primary N) is 1. The monoisotopic (exact) mass is 521 g/mol. The van der Waals surface area contributed by atoms with Crippen molar-refractivity contribution in [1.29, 1.82) is 0 Å². The molecule has 0 spiro atoms. The van der Waals surface area contributed by atoms with E-state index in [0.717, 1.165) is 10.2 Å². The van der Waals surface area contributed by atoms with Gasteiger partial charge in [-0.2, -0.15) is 0 Å². The first-order chi connectivity index (χ1) is 17.9. The predicted molar refractivity (Wildman–Crippen MR) is 146 cm³/mol. The van der Waals surface area contributed by atoms with Crippen LogP contribution in [0.5, 0.6) is 28.7 Å². The van der Waals surface area contributed by atoms with Crippen molar-refractivity contribution in [1.82, 2.24) is 4.98 Å². The van der Waals surface area contributed by atoms with Crippen molar-refractivity contribution >= 4 is 49.9 Å². The van der Waals surface area contributed by atoms with Gasteiger partial charge < -0.3 is 29.4 Å². The Kier molecular flexibility index (Phi) is 7.69. The molecule has 4 aromatic rings. The molecule has 1 heterocycles. The number of hydrogen-bond donors (Lipinski definition) is 2. The fourth-order valence-corrected chi connectivity index (χ4v) is 4.70. The Morgan fingerprint density at radius 2 is 1.51 bits per heavy atom. The molecule has 0 aliphatic carbocycles. The van der Waals surface area contributed by atoms with Crippen LogP contribution in [-0.2, 0) is 4.79 Å². The van der Waals surface area contributed by atoms with Crippen molar-refractivity contribution in [3.63, 3.8) is 0 Å². The number of ether oxygens (including phenoxy) is 5. The number of methoxy groups -OCH3 is 5. The zero-order valence-electron chi connectivity index (χ0n) is 21.1. The van der Waals surface area contributed by atoms with E-state index in [2.05, 4.69) is 10.3 Å². The number of nitrogens with zero attached hydrogens (tertiary/aromatic N) is 1. The van der Waals surface area contributed by atoms with Crippen molar-refractivity contribution < 1.29 is 28.5 Å². The lowest BCUT2D eigenvalue weighted by atomic mass is 10.0. The van der Waals surface area contributed by atoms with Gasteiger partial charge in [-0.25, -0.2) is 4.98 Å². The number of carbonyl (C=O) groups excluding carboxylic acids is 1. The molecule has 0 bridgehead atoms. The topological polar surface area (TPSA) is 114 Å². The molecule has 37 heavy (non-hydrogen) atoms. The molecule has 10 heteroatoms. The Morgan fingerprint density at radius 3 is 2.14 bits per heavy atom. The van der Waals surface area contributed by atoms with Gasteiger partial charge >= 0.3 is 0 Å². The van der Waals surface area contributed by atoms with E-state index < -0.39 is 0 Å². The molecular formula is C27H27N3O6S. The highest BCUT2D eigenvalue weighted by molar-refractivity contribution is 7.22. The summed E-state index contributed by atoms with van der Waals surface area (Å²) in [7, 11) is 7.69. The van der Waals surface area contributed by atoms with E-state index in [1.807, 2.05) is 12.1 Å². The van der Waals surface area contributed by atoms with E-state index in [-0.39, 0.29) is 5.91 Å². The molecular weight excluding hydrogens is 494 g/mol. The molecule has 3 aromatic carbocycles. The van der Waals surface area contributed by atoms with Crippen LogP contribution in [-0.4, -0.2) is 46.4 Å². The zero-order chi connectivity index (χ0) is 26.5. The fourth-order valence-electron chi connectivity index (χ4n) is 3.79. The van der Waals surface area contributed by atoms with Crippen molar-refractivity contribution in [2.75, 3.05) is 46.6 Å². The minimum Gasteiger partial charge on any atom is -0.493 e. The second-order valence-corrected chi connectivity index (χ2v) is 8.82. The minimum atomic E-state index is -0.368. The Morgan fingerprint density at radius 1 is 0.838 bits per heavy atom. The lowest BCUT2D eigenvalue weighted by molar-refractivity contribution is -0.111. The normalized spacial score (nSPS) is 11.2. The maximum atomic E-state index is 13.7. The van der Waals surface area contributed by atoms with Gasteiger partial charge in [0.15, 0.2) is 28.1 Å². The van der Waals surface area contributed by atoms with Gasteiger partial charge in [0.25, 0.3) is 5.91 Å². The number of thiazole rings is 1. The number of aromatic nitrogens is 1. The van der Waals surface area contributed by atoms with Gasteiger partial charge in [-0.15, -0.1) is 0 Å². The molecule has 4 rings (SSSR count). The van der Waals surface area contributed by atoms with Crippen LogP contribution < -0.4 is 34.7 Å². The molecule has 0 saturated carbocycles. The number of rotatable bonds is 9. The lowest BCUT2D eigenvalue weighted by Crippen LogP contribution is -2.13. The Bertz CT molecular complexity index is 1460. The highest BCUT2D eigenvalue weighted by Gasteiger charge is 2.19. The summed E-state index contributed by atoms with van der Waals surface area (Å²) in [5, 5.41) is 3.36. The number of nitrogen functional groups attached to an aromatic ring is 1. The average molecular weight is 522 g/mol. The van der Waals surface area contributed by atoms with Crippen LogP contribution in [0.4, 0.5) is 10.8 Å². The van der Waals surface area contributed by atoms with Crippen molar-refractivity contribution in [2.45, 2.75) is 0 Å². The third kappa shape index (κ3) is 5.39. The summed E-state index contributed by atoms with van der Waals surface area (Å²) in [5.41, 5.74) is 8.89. The third-order valence-corrected chi connectivity index (χ3v) is 6.50. The molecule has 0 fully saturated rings. The van der Waals surface area contributed by atoms with Crippen LogP contribution in [0.25, 0.3) is 21.9 Å². The second-order valence-electron chi connectivity index (χ2n) is 7.79. The number of amides is 1. The van der Waals surface area contributed by atoms with Crippen molar-refractivity contribution in [2.24, 2.45) is 0 Å². The molecule has 1 amide bonds. The first-order valence-electron chi connectivity index (χ1n) is 11.1. The molecule has 0 atom stereocenters. The molecule has 3 N–H and O–H groups in total. The van der Waals surface area contributed by atoms with Gasteiger partial charge in [0.1, 0.15) is 0 Å². The van der Waals surface area contributed by atoms with E-state index in [1.165, 1.54) is 39.8 Å². The van der Waals surface area contributed by atoms with E-state index >= 15 is 0 Å². The summed E-state index contributed by atoms with van der Waals surface area (Å²) < 4.78 is 28.1. The Hall–Kier alpha value is -4.44. The predicted octanol–water partition coefficient (Wildman–Crippen LogP) is 5.10. The summed E-state index contributed by atoms with van der Waals surface area (Å²) >= 11 is 1.34. The molecule has 192 valence electrons. The van der Waals surface area contributed by atoms with Gasteiger partial charge in [-0.05, 0) is 59.7 Å². The Labute approximate surface area is 218 Å². The molecule has 0 aliphatic rings. The maximum absolute atomic E-state index is 13.7. The van der Waals surface area contributed by atoms with E-state index in [4.69, 9.17) is 29.4 Å². The van der Waals surface area contributed by atoms with Crippen LogP contribution >= 0.6 is 11.3 Å². The number of nitrogens with one attached hydrogen (secondary N) is 1. The lowest BCUT2D eigenvalue weighted by Gasteiger charge is -2.15. The van der Waals surface area contributed by atoms with Crippen molar-refractivity contribution in [3.8, 4) is 28.7 Å². The number of fused-ring (bicyclic) bond motifs is 1. The number of carbonyl (C=O) groups is 1. The second kappa shape index (κ2) is 11.1. The summed E-state index contributed by atoms with van der Waals surface area (Å²) in [6.07, 6.45) is 1.73. The first kappa shape index (κ1) is 25.6. The van der Waals surface area contributed by atoms with E-state index in [0.29, 0.717) is 56.3 Å². The first-order valence-corrected chi connectivity index (χ1v) is 11.9. The summed E-state index contributed by atoms with van der Waals surface area (Å²) in [6.45, 7) is 0. The molecule has 0 saturated heterocycles. The molecule has 0 unspecified atom stereocenters. The quantitative estimate of drug-likeness (QED) is 0.178. The van der Waals surface area contributed by atoms with Crippen molar-refractivity contribution in [3.05, 3.63) is 59.7 Å². The van der Waals surface area contributed by atoms with Crippen LogP contribution in [0.3, 0.4) is 0 Å². The molecule has 9 nitrogen and oxygen atoms in total. The zero-order valence-corrected chi connectivity index (χ0v) is 21.9. The number of benzene rings is 3. The van der Waals surface area contributed by atoms with E-state index in [9.17, 15) is 4.79 Å². The maximum Gasteiger partial charge on any atom is 0.258 e. The van der Waals surface area contributed by atoms with Crippen LogP contribution in [0.2, 0.25) is 0 Å². The average Bonchev–Trinajstić information content (AvgIpc) is 3.31. The van der Waals surface area contributed by atoms with Gasteiger partial charge in [0, 0.05) is 11.3 Å². The largest absolute Gasteiger partial charge is 0.493 e. The summed E-state index contributed by atoms with van der Waals surface area (Å²) in [6, 6.07) is 14.2. The van der Waals surface area contributed by atoms with Gasteiger partial charge in [0.05, 0.1) is 45.8 Å². The van der Waals surface area contributed by atoms with Gasteiger partial charge in [0.2, 0.25) is 5.75 Å². The number of anilines is 2. The minimum absolute atomic E-state index is 0.356. The molecule has 0 radical (unpaired) electrons. The highest BCUT2D eigenvalue weighted by atomic mass is 32.1. The molecule has 1 aromatic heterocycles. The van der Waals surface area contributed by atoms with Crippen LogP contribution in [0, 0.1) is 0 Å². The summed E-state index contributed by atoms with van der Waals surface area (Å²) in [4.78, 5) is 18.2. The SMILES string of the molecule is COc1ccc(/C(=C\c2cc(OC)c(OC)c(OC)c2)C(=O)Nc2nc3ccc(N)cc3s2)cc1OC. The number of hydrogen-bond acceptors (Lipinski definition) is 9. The third-order valence-electron chi connectivity index (χ3n) is 5.57. The van der Waals surface area contributed by atoms with Gasteiger partial charge in [-0.3, -0.25) is 10.1 Å². The Balaban J connectivity index is 1.82. The van der Waals surface area contributed by atoms with Gasteiger partial charge in [-0.1, -0.05) is 17.4 Å². The van der Waals surface area contributed by atoms with Crippen LogP contribution in [0.1, 0.15) is 11.1 Å². The highest BCUT2D eigenvalue weighted by Crippen LogP contribution is 2.40. The molecule has 0 aliphatic heterocycles. The smallest absolute Gasteiger partial charge is 0.258 e.